The number of nitrogens with zero attached hydrogens (tertiary/aromatic N) is 2. The molecule has 0 saturated carbocycles. The third kappa shape index (κ3) is 2.37. The Balaban J connectivity index is 2.26. The van der Waals surface area contributed by atoms with Crippen molar-refractivity contribution in [1.29, 1.82) is 0 Å². The average Bonchev–Trinajstić information content (AvgIpc) is 2.86. The first kappa shape index (κ1) is 13.6. The second-order valence-corrected chi connectivity index (χ2v) is 5.33. The lowest BCUT2D eigenvalue weighted by Crippen LogP contribution is -2.05. The predicted octanol–water partition coefficient (Wildman–Crippen LogP) is 4.40. The zero-order valence-electron chi connectivity index (χ0n) is 12.2. The van der Waals surface area contributed by atoms with Crippen LogP contribution in [0.2, 0.25) is 0 Å². The van der Waals surface area contributed by atoms with Crippen LogP contribution in [0.25, 0.3) is 22.2 Å². The molecule has 0 saturated heterocycles. The first-order valence-corrected chi connectivity index (χ1v) is 7.14. The summed E-state index contributed by atoms with van der Waals surface area (Å²) in [7, 11) is 0. The minimum atomic E-state index is -0.246. The number of rotatable bonds is 3. The molecule has 2 aromatic carbocycles. The van der Waals surface area contributed by atoms with Crippen LogP contribution in [0.5, 0.6) is 0 Å². The molecule has 0 aliphatic carbocycles. The summed E-state index contributed by atoms with van der Waals surface area (Å²) in [5, 5.41) is 5.74. The van der Waals surface area contributed by atoms with E-state index in [-0.39, 0.29) is 5.82 Å². The van der Waals surface area contributed by atoms with E-state index in [2.05, 4.69) is 13.8 Å². The summed E-state index contributed by atoms with van der Waals surface area (Å²) in [5.41, 5.74) is 9.41. The Morgan fingerprint density at radius 2 is 1.90 bits per heavy atom. The normalized spacial score (nSPS) is 12.7. The molecular weight excluding hydrogens is 265 g/mol. The number of nitrogens with two attached hydrogens (primary N) is 1. The van der Waals surface area contributed by atoms with Gasteiger partial charge in [-0.15, -0.1) is 0 Å². The molecule has 3 rings (SSSR count). The molecule has 108 valence electrons. The molecule has 0 aliphatic heterocycles. The maximum Gasteiger partial charge on any atom is 0.123 e. The van der Waals surface area contributed by atoms with Crippen LogP contribution < -0.4 is 5.73 Å². The van der Waals surface area contributed by atoms with Gasteiger partial charge in [0.25, 0.3) is 0 Å². The molecule has 2 N–H and O–H groups in total. The van der Waals surface area contributed by atoms with Crippen LogP contribution in [0, 0.1) is 5.82 Å². The molecule has 1 heterocycles. The van der Waals surface area contributed by atoms with Crippen LogP contribution in [-0.4, -0.2) is 9.78 Å². The molecule has 1 aromatic heterocycles. The van der Waals surface area contributed by atoms with Gasteiger partial charge in [0.05, 0.1) is 5.52 Å². The van der Waals surface area contributed by atoms with Gasteiger partial charge in [-0.2, -0.15) is 5.10 Å². The highest BCUT2D eigenvalue weighted by molar-refractivity contribution is 5.95. The molecule has 1 atom stereocenters. The van der Waals surface area contributed by atoms with Crippen LogP contribution in [0.15, 0.2) is 42.5 Å². The molecule has 3 nitrogen and oxygen atoms in total. The van der Waals surface area contributed by atoms with Gasteiger partial charge in [-0.25, -0.2) is 4.39 Å². The van der Waals surface area contributed by atoms with E-state index in [1.807, 2.05) is 22.9 Å². The van der Waals surface area contributed by atoms with Crippen LogP contribution >= 0.6 is 0 Å². The van der Waals surface area contributed by atoms with E-state index in [0.29, 0.717) is 11.7 Å². The van der Waals surface area contributed by atoms with E-state index in [1.54, 1.807) is 12.1 Å². The van der Waals surface area contributed by atoms with Gasteiger partial charge in [-0.1, -0.05) is 6.92 Å². The average molecular weight is 283 g/mol. The molecule has 0 unspecified atom stereocenters. The van der Waals surface area contributed by atoms with E-state index in [1.165, 1.54) is 12.1 Å². The minimum Gasteiger partial charge on any atom is -0.399 e. The van der Waals surface area contributed by atoms with Crippen LogP contribution in [0.1, 0.15) is 26.3 Å². The SMILES string of the molecule is CC[C@H](C)n1nc(-c2ccc(F)cc2)c2cc(N)ccc21. The highest BCUT2D eigenvalue weighted by atomic mass is 19.1. The van der Waals surface area contributed by atoms with Crippen molar-refractivity contribution in [3.05, 3.63) is 48.3 Å². The Morgan fingerprint density at radius 3 is 2.57 bits per heavy atom. The standard InChI is InChI=1S/C17H18FN3/c1-3-11(2)21-16-9-8-14(19)10-15(16)17(20-21)12-4-6-13(18)7-5-12/h4-11H,3,19H2,1-2H3/t11-/m0/s1. The molecule has 0 spiro atoms. The maximum atomic E-state index is 13.1. The fourth-order valence-corrected chi connectivity index (χ4v) is 2.49. The quantitative estimate of drug-likeness (QED) is 0.724. The maximum absolute atomic E-state index is 13.1. The van der Waals surface area contributed by atoms with Crippen molar-refractivity contribution >= 4 is 16.6 Å². The summed E-state index contributed by atoms with van der Waals surface area (Å²) in [6, 6.07) is 12.5. The number of nitrogen functional groups attached to an aromatic ring is 1. The number of aromatic nitrogens is 2. The third-order valence-corrected chi connectivity index (χ3v) is 3.86. The number of hydrogen-bond donors (Lipinski definition) is 1. The highest BCUT2D eigenvalue weighted by Crippen LogP contribution is 2.31. The summed E-state index contributed by atoms with van der Waals surface area (Å²) in [4.78, 5) is 0. The smallest absolute Gasteiger partial charge is 0.123 e. The number of benzene rings is 2. The van der Waals surface area contributed by atoms with Gasteiger partial charge >= 0.3 is 0 Å². The minimum absolute atomic E-state index is 0.246. The van der Waals surface area contributed by atoms with Crippen molar-refractivity contribution in [2.24, 2.45) is 0 Å². The molecule has 0 amide bonds. The van der Waals surface area contributed by atoms with Gasteiger partial charge in [-0.05, 0) is 55.8 Å². The Morgan fingerprint density at radius 1 is 1.19 bits per heavy atom. The number of anilines is 1. The van der Waals surface area contributed by atoms with Crippen LogP contribution in [0.4, 0.5) is 10.1 Å². The molecule has 0 aliphatic rings. The fourth-order valence-electron chi connectivity index (χ4n) is 2.49. The van der Waals surface area contributed by atoms with E-state index >= 15 is 0 Å². The number of halogens is 1. The molecule has 21 heavy (non-hydrogen) atoms. The van der Waals surface area contributed by atoms with E-state index in [9.17, 15) is 4.39 Å². The van der Waals surface area contributed by atoms with Crippen molar-refractivity contribution in [2.45, 2.75) is 26.3 Å². The van der Waals surface area contributed by atoms with Crippen molar-refractivity contribution in [3.63, 3.8) is 0 Å². The first-order chi connectivity index (χ1) is 10.1. The summed E-state index contributed by atoms with van der Waals surface area (Å²) in [6.45, 7) is 4.27. The van der Waals surface area contributed by atoms with Crippen molar-refractivity contribution in [1.82, 2.24) is 9.78 Å². The second kappa shape index (κ2) is 5.20. The van der Waals surface area contributed by atoms with Crippen LogP contribution in [-0.2, 0) is 0 Å². The third-order valence-electron chi connectivity index (χ3n) is 3.86. The van der Waals surface area contributed by atoms with Gasteiger partial charge in [0.1, 0.15) is 11.5 Å². The van der Waals surface area contributed by atoms with Crippen molar-refractivity contribution in [2.75, 3.05) is 5.73 Å². The first-order valence-electron chi connectivity index (χ1n) is 7.14. The lowest BCUT2D eigenvalue weighted by Gasteiger charge is -2.10. The predicted molar refractivity (Wildman–Crippen MR) is 84.5 cm³/mol. The molecule has 0 fully saturated rings. The summed E-state index contributed by atoms with van der Waals surface area (Å²) in [5.74, 6) is -0.246. The molecule has 0 radical (unpaired) electrons. The van der Waals surface area contributed by atoms with E-state index in [0.717, 1.165) is 28.6 Å². The Bertz CT molecular complexity index is 775. The Hall–Kier alpha value is -2.36. The fraction of sp³-hybridized carbons (Fsp3) is 0.235. The number of hydrogen-bond acceptors (Lipinski definition) is 2. The van der Waals surface area contributed by atoms with Gasteiger partial charge in [0.15, 0.2) is 0 Å². The lowest BCUT2D eigenvalue weighted by atomic mass is 10.1. The zero-order chi connectivity index (χ0) is 15.0. The monoisotopic (exact) mass is 283 g/mol. The largest absolute Gasteiger partial charge is 0.399 e. The molecule has 0 bridgehead atoms. The second-order valence-electron chi connectivity index (χ2n) is 5.33. The summed E-state index contributed by atoms with van der Waals surface area (Å²) in [6.07, 6.45) is 0.990. The van der Waals surface area contributed by atoms with E-state index in [4.69, 9.17) is 10.8 Å². The molecule has 3 aromatic rings. The Kier molecular flexibility index (Phi) is 3.37. The lowest BCUT2D eigenvalue weighted by molar-refractivity contribution is 0.494. The van der Waals surface area contributed by atoms with Gasteiger partial charge in [0, 0.05) is 22.7 Å². The summed E-state index contributed by atoms with van der Waals surface area (Å²) < 4.78 is 15.1. The molecular formula is C17H18FN3. The van der Waals surface area contributed by atoms with Gasteiger partial charge < -0.3 is 5.73 Å². The van der Waals surface area contributed by atoms with Crippen LogP contribution in [0.3, 0.4) is 0 Å². The zero-order valence-corrected chi connectivity index (χ0v) is 12.2. The topological polar surface area (TPSA) is 43.8 Å². The Labute approximate surface area is 123 Å². The molecule has 4 heteroatoms. The summed E-state index contributed by atoms with van der Waals surface area (Å²) >= 11 is 0. The van der Waals surface area contributed by atoms with Gasteiger partial charge in [-0.3, -0.25) is 4.68 Å². The van der Waals surface area contributed by atoms with Crippen molar-refractivity contribution < 1.29 is 4.39 Å². The number of fused-ring (bicyclic) bond motifs is 1. The van der Waals surface area contributed by atoms with Gasteiger partial charge in [0.2, 0.25) is 0 Å². The van der Waals surface area contributed by atoms with Crippen molar-refractivity contribution in [3.8, 4) is 11.3 Å². The van der Waals surface area contributed by atoms with E-state index < -0.39 is 0 Å². The highest BCUT2D eigenvalue weighted by Gasteiger charge is 2.15.